The molecule has 6 heteroatoms. The Kier molecular flexibility index (Phi) is 13.5. The van der Waals surface area contributed by atoms with E-state index in [9.17, 15) is 0 Å². The molecular weight excluding hydrogens is 234 g/mol. The number of ether oxygens (including phenoxy) is 3. The highest BCUT2D eigenvalue weighted by Gasteiger charge is 1.95. The smallest absolute Gasteiger partial charge is 0.191 e. The summed E-state index contributed by atoms with van der Waals surface area (Å²) >= 11 is 0. The lowest BCUT2D eigenvalue weighted by Gasteiger charge is -2.10. The van der Waals surface area contributed by atoms with Crippen LogP contribution < -0.4 is 10.6 Å². The van der Waals surface area contributed by atoms with E-state index in [-0.39, 0.29) is 0 Å². The van der Waals surface area contributed by atoms with Crippen LogP contribution in [-0.2, 0) is 14.2 Å². The maximum Gasteiger partial charge on any atom is 0.191 e. The van der Waals surface area contributed by atoms with Crippen LogP contribution in [0.5, 0.6) is 0 Å². The molecule has 0 fully saturated rings. The zero-order valence-corrected chi connectivity index (χ0v) is 11.8. The van der Waals surface area contributed by atoms with Crippen molar-refractivity contribution in [2.24, 2.45) is 4.99 Å². The third-order valence-corrected chi connectivity index (χ3v) is 2.09. The summed E-state index contributed by atoms with van der Waals surface area (Å²) in [5.74, 6) is 0.825. The van der Waals surface area contributed by atoms with E-state index in [0.717, 1.165) is 32.0 Å². The zero-order chi connectivity index (χ0) is 13.5. The van der Waals surface area contributed by atoms with E-state index in [1.165, 1.54) is 0 Å². The van der Waals surface area contributed by atoms with Crippen LogP contribution in [0.3, 0.4) is 0 Å². The Labute approximate surface area is 110 Å². The second kappa shape index (κ2) is 14.2. The second-order valence-corrected chi connectivity index (χ2v) is 3.64. The number of nitrogens with one attached hydrogen (secondary N) is 2. The monoisotopic (exact) mass is 261 g/mol. The number of hydrogen-bond acceptors (Lipinski definition) is 4. The molecule has 108 valence electrons. The number of guanidine groups is 1. The first-order valence-electron chi connectivity index (χ1n) is 6.43. The van der Waals surface area contributed by atoms with E-state index in [1.54, 1.807) is 14.2 Å². The normalized spacial score (nSPS) is 11.6. The Morgan fingerprint density at radius 3 is 2.44 bits per heavy atom. The van der Waals surface area contributed by atoms with Crippen LogP contribution in [-0.4, -0.2) is 66.2 Å². The van der Waals surface area contributed by atoms with Gasteiger partial charge in [-0.1, -0.05) is 0 Å². The molecule has 0 saturated heterocycles. The van der Waals surface area contributed by atoms with E-state index in [0.29, 0.717) is 26.4 Å². The second-order valence-electron chi connectivity index (χ2n) is 3.64. The molecule has 0 aromatic rings. The largest absolute Gasteiger partial charge is 0.383 e. The Balaban J connectivity index is 3.59. The first kappa shape index (κ1) is 17.2. The molecule has 0 aliphatic rings. The molecule has 0 aromatic carbocycles. The van der Waals surface area contributed by atoms with Crippen LogP contribution in [0, 0.1) is 0 Å². The van der Waals surface area contributed by atoms with Gasteiger partial charge in [-0.05, 0) is 13.3 Å². The van der Waals surface area contributed by atoms with Gasteiger partial charge in [0.15, 0.2) is 5.96 Å². The molecule has 0 saturated carbocycles. The van der Waals surface area contributed by atoms with Crippen molar-refractivity contribution >= 4 is 5.96 Å². The van der Waals surface area contributed by atoms with Crippen molar-refractivity contribution in [2.45, 2.75) is 13.3 Å². The quantitative estimate of drug-likeness (QED) is 0.317. The lowest BCUT2D eigenvalue weighted by Crippen LogP contribution is -2.39. The molecular formula is C12H27N3O3. The Bertz CT molecular complexity index is 201. The standard InChI is InChI=1S/C12H27N3O3/c1-4-13-12(15-7-9-16-2)14-6-5-8-18-11-10-17-3/h4-11H2,1-3H3,(H2,13,14,15). The topological polar surface area (TPSA) is 64.1 Å². The molecule has 0 atom stereocenters. The summed E-state index contributed by atoms with van der Waals surface area (Å²) in [5, 5.41) is 6.36. The molecule has 0 spiro atoms. The van der Waals surface area contributed by atoms with E-state index in [4.69, 9.17) is 14.2 Å². The minimum atomic E-state index is 0.643. The lowest BCUT2D eigenvalue weighted by atomic mass is 10.4. The Morgan fingerprint density at radius 2 is 1.78 bits per heavy atom. The van der Waals surface area contributed by atoms with Gasteiger partial charge in [-0.2, -0.15) is 0 Å². The Morgan fingerprint density at radius 1 is 1.00 bits per heavy atom. The van der Waals surface area contributed by atoms with Crippen LogP contribution in [0.4, 0.5) is 0 Å². The highest BCUT2D eigenvalue weighted by atomic mass is 16.5. The molecule has 0 bridgehead atoms. The molecule has 0 aliphatic heterocycles. The summed E-state index contributed by atoms with van der Waals surface area (Å²) in [7, 11) is 3.35. The van der Waals surface area contributed by atoms with Gasteiger partial charge in [-0.3, -0.25) is 4.99 Å². The third kappa shape index (κ3) is 11.6. The van der Waals surface area contributed by atoms with Gasteiger partial charge in [0.05, 0.1) is 19.8 Å². The first-order chi connectivity index (χ1) is 8.85. The summed E-state index contributed by atoms with van der Waals surface area (Å²) in [4.78, 5) is 4.43. The van der Waals surface area contributed by atoms with Gasteiger partial charge in [0.1, 0.15) is 0 Å². The van der Waals surface area contributed by atoms with Crippen molar-refractivity contribution in [2.75, 3.05) is 60.3 Å². The van der Waals surface area contributed by atoms with Crippen molar-refractivity contribution in [3.05, 3.63) is 0 Å². The summed E-state index contributed by atoms with van der Waals surface area (Å²) in [6.45, 7) is 7.07. The summed E-state index contributed by atoms with van der Waals surface area (Å²) in [5.41, 5.74) is 0. The molecule has 0 aliphatic carbocycles. The predicted octanol–water partition coefficient (Wildman–Crippen LogP) is 0.241. The molecule has 18 heavy (non-hydrogen) atoms. The van der Waals surface area contributed by atoms with Gasteiger partial charge in [-0.25, -0.2) is 0 Å². The van der Waals surface area contributed by atoms with E-state index >= 15 is 0 Å². The predicted molar refractivity (Wildman–Crippen MR) is 73.2 cm³/mol. The van der Waals surface area contributed by atoms with Gasteiger partial charge < -0.3 is 24.8 Å². The number of methoxy groups -OCH3 is 2. The van der Waals surface area contributed by atoms with Crippen molar-refractivity contribution in [1.82, 2.24) is 10.6 Å². The fourth-order valence-corrected chi connectivity index (χ4v) is 1.22. The van der Waals surface area contributed by atoms with Crippen molar-refractivity contribution in [1.29, 1.82) is 0 Å². The minimum Gasteiger partial charge on any atom is -0.383 e. The van der Waals surface area contributed by atoms with Gasteiger partial charge in [-0.15, -0.1) is 0 Å². The summed E-state index contributed by atoms with van der Waals surface area (Å²) in [6.07, 6.45) is 0.907. The fraction of sp³-hybridized carbons (Fsp3) is 0.917. The highest BCUT2D eigenvalue weighted by molar-refractivity contribution is 5.79. The fourth-order valence-electron chi connectivity index (χ4n) is 1.22. The van der Waals surface area contributed by atoms with Crippen LogP contribution in [0.1, 0.15) is 13.3 Å². The Hall–Kier alpha value is -0.850. The van der Waals surface area contributed by atoms with Crippen LogP contribution >= 0.6 is 0 Å². The molecule has 0 rings (SSSR count). The van der Waals surface area contributed by atoms with Gasteiger partial charge in [0.2, 0.25) is 0 Å². The maximum absolute atomic E-state index is 5.36. The SMILES string of the molecule is CCNC(=NCCCOCCOC)NCCOC. The molecule has 0 unspecified atom stereocenters. The molecule has 0 radical (unpaired) electrons. The molecule has 0 aromatic heterocycles. The van der Waals surface area contributed by atoms with Crippen molar-refractivity contribution in [3.8, 4) is 0 Å². The minimum absolute atomic E-state index is 0.643. The van der Waals surface area contributed by atoms with E-state index < -0.39 is 0 Å². The van der Waals surface area contributed by atoms with Crippen LogP contribution in [0.25, 0.3) is 0 Å². The van der Waals surface area contributed by atoms with Crippen molar-refractivity contribution < 1.29 is 14.2 Å². The average molecular weight is 261 g/mol. The van der Waals surface area contributed by atoms with E-state index in [1.807, 2.05) is 6.92 Å². The molecule has 2 N–H and O–H groups in total. The average Bonchev–Trinajstić information content (AvgIpc) is 2.38. The van der Waals surface area contributed by atoms with E-state index in [2.05, 4.69) is 15.6 Å². The number of aliphatic imine (C=N–C) groups is 1. The highest BCUT2D eigenvalue weighted by Crippen LogP contribution is 1.85. The maximum atomic E-state index is 5.36. The summed E-state index contributed by atoms with van der Waals surface area (Å²) in [6, 6.07) is 0. The van der Waals surface area contributed by atoms with Crippen LogP contribution in [0.2, 0.25) is 0 Å². The first-order valence-corrected chi connectivity index (χ1v) is 6.43. The molecule has 0 heterocycles. The van der Waals surface area contributed by atoms with Gasteiger partial charge in [0, 0.05) is 40.5 Å². The number of nitrogens with zero attached hydrogens (tertiary/aromatic N) is 1. The van der Waals surface area contributed by atoms with Crippen molar-refractivity contribution in [3.63, 3.8) is 0 Å². The third-order valence-electron chi connectivity index (χ3n) is 2.09. The number of hydrogen-bond donors (Lipinski definition) is 2. The lowest BCUT2D eigenvalue weighted by molar-refractivity contribution is 0.0702. The van der Waals surface area contributed by atoms with Gasteiger partial charge >= 0.3 is 0 Å². The number of rotatable bonds is 11. The molecule has 6 nitrogen and oxygen atoms in total. The summed E-state index contributed by atoms with van der Waals surface area (Å²) < 4.78 is 15.2. The van der Waals surface area contributed by atoms with Gasteiger partial charge in [0.25, 0.3) is 0 Å². The zero-order valence-electron chi connectivity index (χ0n) is 11.8. The van der Waals surface area contributed by atoms with Crippen LogP contribution in [0.15, 0.2) is 4.99 Å². The molecule has 0 amide bonds.